The van der Waals surface area contributed by atoms with Gasteiger partial charge in [0.15, 0.2) is 6.61 Å². The summed E-state index contributed by atoms with van der Waals surface area (Å²) in [6, 6.07) is 15.2. The zero-order valence-corrected chi connectivity index (χ0v) is 20.0. The van der Waals surface area contributed by atoms with E-state index in [2.05, 4.69) is 10.2 Å². The zero-order chi connectivity index (χ0) is 24.7. The van der Waals surface area contributed by atoms with Gasteiger partial charge in [0.25, 0.3) is 5.91 Å². The van der Waals surface area contributed by atoms with E-state index in [1.165, 1.54) is 12.1 Å². The van der Waals surface area contributed by atoms with Crippen molar-refractivity contribution in [2.45, 2.75) is 44.3 Å². The molecule has 2 aromatic carbocycles. The second kappa shape index (κ2) is 11.8. The Bertz CT molecular complexity index is 938. The summed E-state index contributed by atoms with van der Waals surface area (Å²) in [5, 5.41) is 3.10. The smallest absolute Gasteiger partial charge is 0.416 e. The fourth-order valence-corrected chi connectivity index (χ4v) is 5.00. The minimum Gasteiger partial charge on any atom is -0.484 e. The molecule has 1 aliphatic heterocycles. The number of amides is 1. The molecule has 0 aromatic heterocycles. The maximum Gasteiger partial charge on any atom is 0.416 e. The molecule has 4 rings (SSSR count). The van der Waals surface area contributed by atoms with Gasteiger partial charge in [-0.2, -0.15) is 13.2 Å². The first-order valence-electron chi connectivity index (χ1n) is 12.5. The molecular formula is C27H34F3N3O2. The molecule has 2 fully saturated rings. The Kier molecular flexibility index (Phi) is 8.55. The van der Waals surface area contributed by atoms with E-state index in [0.717, 1.165) is 70.9 Å². The van der Waals surface area contributed by atoms with Crippen LogP contribution in [-0.4, -0.2) is 56.2 Å². The molecule has 35 heavy (non-hydrogen) atoms. The van der Waals surface area contributed by atoms with Crippen LogP contribution in [0.1, 0.15) is 37.7 Å². The Hall–Kier alpha value is -2.74. The highest BCUT2D eigenvalue weighted by molar-refractivity contribution is 5.77. The fourth-order valence-electron chi connectivity index (χ4n) is 5.00. The number of para-hydroxylation sites is 1. The Labute approximate surface area is 205 Å². The monoisotopic (exact) mass is 489 g/mol. The van der Waals surface area contributed by atoms with E-state index in [0.29, 0.717) is 17.4 Å². The van der Waals surface area contributed by atoms with Crippen molar-refractivity contribution >= 4 is 11.6 Å². The van der Waals surface area contributed by atoms with E-state index in [-0.39, 0.29) is 18.6 Å². The average Bonchev–Trinajstić information content (AvgIpc) is 2.88. The van der Waals surface area contributed by atoms with Gasteiger partial charge in [0.2, 0.25) is 0 Å². The second-order valence-electron chi connectivity index (χ2n) is 9.55. The number of hydrogen-bond donors (Lipinski definition) is 1. The van der Waals surface area contributed by atoms with Gasteiger partial charge in [-0.15, -0.1) is 0 Å². The van der Waals surface area contributed by atoms with Gasteiger partial charge in [0.1, 0.15) is 5.75 Å². The van der Waals surface area contributed by atoms with Gasteiger partial charge >= 0.3 is 6.18 Å². The molecule has 1 saturated heterocycles. The lowest BCUT2D eigenvalue weighted by atomic mass is 9.84. The van der Waals surface area contributed by atoms with Gasteiger partial charge in [-0.25, -0.2) is 0 Å². The van der Waals surface area contributed by atoms with Crippen LogP contribution < -0.4 is 15.0 Å². The van der Waals surface area contributed by atoms with Crippen molar-refractivity contribution in [1.29, 1.82) is 0 Å². The number of nitrogens with one attached hydrogen (secondary N) is 1. The molecule has 0 bridgehead atoms. The van der Waals surface area contributed by atoms with Crippen molar-refractivity contribution in [3.05, 3.63) is 60.2 Å². The van der Waals surface area contributed by atoms with Crippen molar-refractivity contribution in [3.63, 3.8) is 0 Å². The minimum absolute atomic E-state index is 0.0381. The predicted octanol–water partition coefficient (Wildman–Crippen LogP) is 4.97. The molecule has 1 N–H and O–H groups in total. The molecule has 1 saturated carbocycles. The molecule has 5 nitrogen and oxygen atoms in total. The van der Waals surface area contributed by atoms with Crippen molar-refractivity contribution < 1.29 is 22.7 Å². The van der Waals surface area contributed by atoms with Crippen LogP contribution in [0.15, 0.2) is 54.6 Å². The largest absolute Gasteiger partial charge is 0.484 e. The number of benzene rings is 2. The first kappa shape index (κ1) is 25.4. The maximum atomic E-state index is 13.0. The first-order chi connectivity index (χ1) is 16.9. The van der Waals surface area contributed by atoms with Crippen LogP contribution in [-0.2, 0) is 11.0 Å². The van der Waals surface area contributed by atoms with E-state index >= 15 is 0 Å². The number of rotatable bonds is 8. The first-order valence-corrected chi connectivity index (χ1v) is 12.5. The molecule has 1 heterocycles. The molecule has 0 spiro atoms. The van der Waals surface area contributed by atoms with E-state index < -0.39 is 11.7 Å². The fraction of sp³-hybridized carbons (Fsp3) is 0.519. The number of ether oxygens (including phenoxy) is 1. The summed E-state index contributed by atoms with van der Waals surface area (Å²) >= 11 is 0. The van der Waals surface area contributed by atoms with Crippen molar-refractivity contribution in [2.24, 2.45) is 5.92 Å². The summed E-state index contributed by atoms with van der Waals surface area (Å²) in [6.07, 6.45) is 1.01. The maximum absolute atomic E-state index is 13.0. The molecule has 1 aliphatic carbocycles. The summed E-state index contributed by atoms with van der Waals surface area (Å²) in [7, 11) is 0. The molecule has 2 aliphatic rings. The Morgan fingerprint density at radius 3 is 2.34 bits per heavy atom. The second-order valence-corrected chi connectivity index (χ2v) is 9.55. The molecular weight excluding hydrogens is 455 g/mol. The normalized spacial score (nSPS) is 21.5. The summed E-state index contributed by atoms with van der Waals surface area (Å²) in [4.78, 5) is 16.7. The van der Waals surface area contributed by atoms with E-state index in [1.54, 1.807) is 6.07 Å². The number of carbonyl (C=O) groups is 1. The molecule has 190 valence electrons. The highest BCUT2D eigenvalue weighted by Crippen LogP contribution is 2.32. The third-order valence-electron chi connectivity index (χ3n) is 7.09. The van der Waals surface area contributed by atoms with Crippen LogP contribution in [0, 0.1) is 5.92 Å². The van der Waals surface area contributed by atoms with Crippen LogP contribution in [0.3, 0.4) is 0 Å². The van der Waals surface area contributed by atoms with Gasteiger partial charge in [0, 0.05) is 37.9 Å². The number of carbonyl (C=O) groups excluding carboxylic acids is 1. The van der Waals surface area contributed by atoms with Gasteiger partial charge in [-0.05, 0) is 74.9 Å². The van der Waals surface area contributed by atoms with Crippen molar-refractivity contribution in [1.82, 2.24) is 10.2 Å². The highest BCUT2D eigenvalue weighted by Gasteiger charge is 2.31. The lowest BCUT2D eigenvalue weighted by Crippen LogP contribution is -2.47. The Morgan fingerprint density at radius 2 is 1.66 bits per heavy atom. The molecule has 0 unspecified atom stereocenters. The third-order valence-corrected chi connectivity index (χ3v) is 7.09. The SMILES string of the molecule is O=C(COc1ccccc1)N[C@H]1CC[C@H](CCN2CCN(c3cccc(C(F)(F)F)c3)CC2)CC1. The molecule has 8 heteroatoms. The van der Waals surface area contributed by atoms with Gasteiger partial charge in [-0.1, -0.05) is 24.3 Å². The lowest BCUT2D eigenvalue weighted by Gasteiger charge is -2.37. The van der Waals surface area contributed by atoms with Crippen LogP contribution in [0.4, 0.5) is 18.9 Å². The molecule has 2 aromatic rings. The van der Waals surface area contributed by atoms with Gasteiger partial charge < -0.3 is 15.0 Å². The molecule has 0 radical (unpaired) electrons. The third kappa shape index (κ3) is 7.62. The van der Waals surface area contributed by atoms with Crippen LogP contribution in [0.25, 0.3) is 0 Å². The van der Waals surface area contributed by atoms with Crippen molar-refractivity contribution in [2.75, 3.05) is 44.2 Å². The summed E-state index contributed by atoms with van der Waals surface area (Å²) in [5.41, 5.74) is 0.0574. The molecule has 1 amide bonds. The topological polar surface area (TPSA) is 44.8 Å². The number of hydrogen-bond acceptors (Lipinski definition) is 4. The number of halogens is 3. The van der Waals surface area contributed by atoms with Crippen LogP contribution >= 0.6 is 0 Å². The van der Waals surface area contributed by atoms with Crippen molar-refractivity contribution in [3.8, 4) is 5.75 Å². The van der Waals surface area contributed by atoms with E-state index in [4.69, 9.17) is 4.74 Å². The number of alkyl halides is 3. The standard InChI is InChI=1S/C27H34F3N3O2/c28-27(29,30)22-5-4-6-24(19-22)33-17-15-32(16-18-33)14-13-21-9-11-23(12-10-21)31-26(34)20-35-25-7-2-1-3-8-25/h1-8,19,21,23H,9-18,20H2,(H,31,34)/t21-,23-. The predicted molar refractivity (Wildman–Crippen MR) is 131 cm³/mol. The van der Waals surface area contributed by atoms with E-state index in [9.17, 15) is 18.0 Å². The Morgan fingerprint density at radius 1 is 0.943 bits per heavy atom. The number of anilines is 1. The summed E-state index contributed by atoms with van der Waals surface area (Å²) in [5.74, 6) is 1.28. The quantitative estimate of drug-likeness (QED) is 0.569. The number of nitrogens with zero attached hydrogens (tertiary/aromatic N) is 2. The van der Waals surface area contributed by atoms with E-state index in [1.807, 2.05) is 35.2 Å². The van der Waals surface area contributed by atoms with Crippen LogP contribution in [0.5, 0.6) is 5.75 Å². The Balaban J connectivity index is 1.11. The summed E-state index contributed by atoms with van der Waals surface area (Å²) in [6.45, 7) is 4.27. The average molecular weight is 490 g/mol. The van der Waals surface area contributed by atoms with Crippen LogP contribution in [0.2, 0.25) is 0 Å². The highest BCUT2D eigenvalue weighted by atomic mass is 19.4. The number of piperazine rings is 1. The minimum atomic E-state index is -4.31. The lowest BCUT2D eigenvalue weighted by molar-refractivity contribution is -0.137. The van der Waals surface area contributed by atoms with Gasteiger partial charge in [0.05, 0.1) is 5.56 Å². The zero-order valence-electron chi connectivity index (χ0n) is 20.0. The molecule has 0 atom stereocenters. The summed E-state index contributed by atoms with van der Waals surface area (Å²) < 4.78 is 44.5. The van der Waals surface area contributed by atoms with Gasteiger partial charge in [-0.3, -0.25) is 9.69 Å².